The van der Waals surface area contributed by atoms with E-state index in [-0.39, 0.29) is 24.6 Å². The first-order valence-electron chi connectivity index (χ1n) is 7.14. The summed E-state index contributed by atoms with van der Waals surface area (Å²) in [6, 6.07) is 0.172. The first kappa shape index (κ1) is 17.4. The Morgan fingerprint density at radius 3 is 2.50 bits per heavy atom. The highest BCUT2D eigenvalue weighted by Crippen LogP contribution is 2.03. The van der Waals surface area contributed by atoms with Gasteiger partial charge in [-0.2, -0.15) is 0 Å². The van der Waals surface area contributed by atoms with Gasteiger partial charge in [0.25, 0.3) is 0 Å². The minimum Gasteiger partial charge on any atom is -0.396 e. The summed E-state index contributed by atoms with van der Waals surface area (Å²) < 4.78 is 0. The van der Waals surface area contributed by atoms with Crippen LogP contribution < -0.4 is 5.32 Å². The lowest BCUT2D eigenvalue weighted by Crippen LogP contribution is -2.46. The highest BCUT2D eigenvalue weighted by Gasteiger charge is 2.18. The maximum absolute atomic E-state index is 12.0. The molecule has 0 aromatic rings. The molecule has 2 atom stereocenters. The minimum atomic E-state index is -0.0848. The average Bonchev–Trinajstić information content (AvgIpc) is 2.33. The van der Waals surface area contributed by atoms with Gasteiger partial charge in [0, 0.05) is 12.6 Å². The Bertz CT molecular complexity index is 222. The Morgan fingerprint density at radius 2 is 1.94 bits per heavy atom. The predicted octanol–water partition coefficient (Wildman–Crippen LogP) is 1.77. The topological polar surface area (TPSA) is 52.6 Å². The van der Waals surface area contributed by atoms with Crippen LogP contribution in [-0.4, -0.2) is 48.2 Å². The average molecular weight is 258 g/mol. The summed E-state index contributed by atoms with van der Waals surface area (Å²) in [7, 11) is 1.98. The van der Waals surface area contributed by atoms with E-state index in [1.165, 1.54) is 0 Å². The second-order valence-electron chi connectivity index (χ2n) is 5.14. The Kier molecular flexibility index (Phi) is 9.98. The Balaban J connectivity index is 3.88. The van der Waals surface area contributed by atoms with Gasteiger partial charge in [0.2, 0.25) is 5.91 Å². The number of carbonyl (C=O) groups excluding carboxylic acids is 1. The van der Waals surface area contributed by atoms with Crippen molar-refractivity contribution in [2.24, 2.45) is 0 Å². The Hall–Kier alpha value is -0.610. The molecule has 1 amide bonds. The summed E-state index contributed by atoms with van der Waals surface area (Å²) in [5.74, 6) is 0.112. The number of unbranched alkanes of at least 4 members (excludes halogenated alkanes) is 2. The Morgan fingerprint density at radius 1 is 1.28 bits per heavy atom. The van der Waals surface area contributed by atoms with E-state index in [1.807, 2.05) is 14.0 Å². The van der Waals surface area contributed by atoms with E-state index >= 15 is 0 Å². The number of nitrogens with one attached hydrogen (secondary N) is 1. The zero-order chi connectivity index (χ0) is 14.0. The number of rotatable bonds is 10. The number of likely N-dealkylation sites (N-methyl/N-ethyl adjacent to an activating group) is 1. The molecule has 0 aliphatic carbocycles. The van der Waals surface area contributed by atoms with Crippen LogP contribution in [0, 0.1) is 0 Å². The number of nitrogens with zero attached hydrogens (tertiary/aromatic N) is 1. The molecule has 0 aromatic carbocycles. The third kappa shape index (κ3) is 7.67. The molecule has 0 saturated carbocycles. The van der Waals surface area contributed by atoms with Crippen LogP contribution >= 0.6 is 0 Å². The van der Waals surface area contributed by atoms with Crippen LogP contribution in [0.5, 0.6) is 0 Å². The molecule has 108 valence electrons. The molecule has 0 aliphatic heterocycles. The molecule has 0 fully saturated rings. The van der Waals surface area contributed by atoms with Gasteiger partial charge in [-0.15, -0.1) is 0 Å². The highest BCUT2D eigenvalue weighted by atomic mass is 16.2. The summed E-state index contributed by atoms with van der Waals surface area (Å²) in [5, 5.41) is 11.7. The van der Waals surface area contributed by atoms with Crippen molar-refractivity contribution < 1.29 is 9.90 Å². The van der Waals surface area contributed by atoms with E-state index in [2.05, 4.69) is 24.1 Å². The third-order valence-electron chi connectivity index (χ3n) is 3.32. The van der Waals surface area contributed by atoms with Crippen molar-refractivity contribution in [1.82, 2.24) is 10.2 Å². The van der Waals surface area contributed by atoms with Crippen molar-refractivity contribution in [3.63, 3.8) is 0 Å². The summed E-state index contributed by atoms with van der Waals surface area (Å²) >= 11 is 0. The van der Waals surface area contributed by atoms with Gasteiger partial charge in [-0.1, -0.05) is 13.3 Å². The number of aliphatic hydroxyl groups excluding tert-OH is 1. The van der Waals surface area contributed by atoms with Gasteiger partial charge >= 0.3 is 0 Å². The molecule has 0 aliphatic rings. The lowest BCUT2D eigenvalue weighted by molar-refractivity contribution is -0.126. The second kappa shape index (κ2) is 10.3. The minimum absolute atomic E-state index is 0.0848. The van der Waals surface area contributed by atoms with E-state index in [0.717, 1.165) is 38.6 Å². The zero-order valence-corrected chi connectivity index (χ0v) is 12.4. The predicted molar refractivity (Wildman–Crippen MR) is 75.5 cm³/mol. The van der Waals surface area contributed by atoms with Gasteiger partial charge in [-0.25, -0.2) is 0 Å². The first-order valence-corrected chi connectivity index (χ1v) is 7.14. The molecule has 0 bridgehead atoms. The normalized spacial score (nSPS) is 14.6. The van der Waals surface area contributed by atoms with Crippen molar-refractivity contribution in [3.05, 3.63) is 0 Å². The standard InChI is InChI=1S/C14H30N2O2/c1-5-9-12(2)15-14(18)13(3)16(4)10-7-6-8-11-17/h12-13,17H,5-11H2,1-4H3,(H,15,18). The number of aliphatic hydroxyl groups is 1. The second-order valence-corrected chi connectivity index (χ2v) is 5.14. The number of hydrogen-bond acceptors (Lipinski definition) is 3. The summed E-state index contributed by atoms with van der Waals surface area (Å²) in [6.07, 6.45) is 5.01. The van der Waals surface area contributed by atoms with Gasteiger partial charge in [0.1, 0.15) is 0 Å². The van der Waals surface area contributed by atoms with E-state index in [4.69, 9.17) is 5.11 Å². The molecule has 0 spiro atoms. The molecule has 0 heterocycles. The summed E-state index contributed by atoms with van der Waals surface area (Å²) in [5.41, 5.74) is 0. The van der Waals surface area contributed by atoms with Gasteiger partial charge in [-0.3, -0.25) is 9.69 Å². The van der Waals surface area contributed by atoms with E-state index in [9.17, 15) is 4.79 Å². The van der Waals surface area contributed by atoms with Gasteiger partial charge < -0.3 is 10.4 Å². The molecular weight excluding hydrogens is 228 g/mol. The van der Waals surface area contributed by atoms with Gasteiger partial charge in [0.05, 0.1) is 6.04 Å². The lowest BCUT2D eigenvalue weighted by atomic mass is 10.1. The quantitative estimate of drug-likeness (QED) is 0.587. The molecule has 0 aromatic heterocycles. The van der Waals surface area contributed by atoms with Crippen LogP contribution in [0.15, 0.2) is 0 Å². The molecule has 0 rings (SSSR count). The smallest absolute Gasteiger partial charge is 0.237 e. The summed E-state index contributed by atoms with van der Waals surface area (Å²) in [6.45, 7) is 7.28. The number of hydrogen-bond donors (Lipinski definition) is 2. The van der Waals surface area contributed by atoms with Crippen LogP contribution in [-0.2, 0) is 4.79 Å². The first-order chi connectivity index (χ1) is 8.52. The van der Waals surface area contributed by atoms with Crippen LogP contribution in [0.4, 0.5) is 0 Å². The van der Waals surface area contributed by atoms with Crippen molar-refractivity contribution in [2.75, 3.05) is 20.2 Å². The fourth-order valence-corrected chi connectivity index (χ4v) is 1.91. The number of amides is 1. The maximum Gasteiger partial charge on any atom is 0.237 e. The van der Waals surface area contributed by atoms with Gasteiger partial charge in [-0.05, 0) is 53.1 Å². The van der Waals surface area contributed by atoms with Crippen molar-refractivity contribution >= 4 is 5.91 Å². The van der Waals surface area contributed by atoms with Crippen LogP contribution in [0.3, 0.4) is 0 Å². The maximum atomic E-state index is 12.0. The fraction of sp³-hybridized carbons (Fsp3) is 0.929. The molecule has 18 heavy (non-hydrogen) atoms. The van der Waals surface area contributed by atoms with Crippen molar-refractivity contribution in [3.8, 4) is 0 Å². The lowest BCUT2D eigenvalue weighted by Gasteiger charge is -2.25. The SMILES string of the molecule is CCCC(C)NC(=O)C(C)N(C)CCCCCO. The molecule has 4 heteroatoms. The number of carbonyl (C=O) groups is 1. The van der Waals surface area contributed by atoms with Gasteiger partial charge in [0.15, 0.2) is 0 Å². The molecule has 0 radical (unpaired) electrons. The van der Waals surface area contributed by atoms with E-state index in [1.54, 1.807) is 0 Å². The van der Waals surface area contributed by atoms with E-state index in [0.29, 0.717) is 0 Å². The molecule has 0 saturated heterocycles. The Labute approximate surface area is 112 Å². The summed E-state index contributed by atoms with van der Waals surface area (Å²) in [4.78, 5) is 14.0. The zero-order valence-electron chi connectivity index (χ0n) is 12.4. The largest absolute Gasteiger partial charge is 0.396 e. The monoisotopic (exact) mass is 258 g/mol. The van der Waals surface area contributed by atoms with Crippen LogP contribution in [0.2, 0.25) is 0 Å². The highest BCUT2D eigenvalue weighted by molar-refractivity contribution is 5.81. The van der Waals surface area contributed by atoms with Crippen molar-refractivity contribution in [1.29, 1.82) is 0 Å². The third-order valence-corrected chi connectivity index (χ3v) is 3.32. The fourth-order valence-electron chi connectivity index (χ4n) is 1.91. The van der Waals surface area contributed by atoms with Crippen LogP contribution in [0.25, 0.3) is 0 Å². The van der Waals surface area contributed by atoms with Crippen LogP contribution in [0.1, 0.15) is 52.9 Å². The molecule has 2 N–H and O–H groups in total. The molecular formula is C14H30N2O2. The molecule has 2 unspecified atom stereocenters. The van der Waals surface area contributed by atoms with Crippen molar-refractivity contribution in [2.45, 2.75) is 65.0 Å². The van der Waals surface area contributed by atoms with E-state index < -0.39 is 0 Å². The molecule has 4 nitrogen and oxygen atoms in total.